The summed E-state index contributed by atoms with van der Waals surface area (Å²) in [5.74, 6) is -0.763. The number of nitrogens with zero attached hydrogens (tertiary/aromatic N) is 1. The fourth-order valence-corrected chi connectivity index (χ4v) is 3.33. The molecule has 0 radical (unpaired) electrons. The van der Waals surface area contributed by atoms with Gasteiger partial charge in [0, 0.05) is 6.08 Å². The normalized spacial score (nSPS) is 11.9. The van der Waals surface area contributed by atoms with Crippen molar-refractivity contribution in [3.63, 3.8) is 0 Å². The molecular weight excluding hydrogens is 344 g/mol. The summed E-state index contributed by atoms with van der Waals surface area (Å²) in [7, 11) is 0. The zero-order valence-corrected chi connectivity index (χ0v) is 15.6. The number of aromatic amines is 1. The highest BCUT2D eigenvalue weighted by molar-refractivity contribution is 7.20. The van der Waals surface area contributed by atoms with Crippen LogP contribution in [0, 0.1) is 6.92 Å². The Hall–Kier alpha value is -2.48. The highest BCUT2D eigenvalue weighted by Gasteiger charge is 2.22. The number of nitrogens with one attached hydrogen (secondary N) is 1. The van der Waals surface area contributed by atoms with Gasteiger partial charge in [0.05, 0.1) is 12.0 Å². The molecule has 0 aliphatic rings. The fourth-order valence-electron chi connectivity index (χ4n) is 2.24. The van der Waals surface area contributed by atoms with E-state index in [-0.39, 0.29) is 18.0 Å². The number of ether oxygens (including phenoxy) is 2. The van der Waals surface area contributed by atoms with Gasteiger partial charge in [-0.15, -0.1) is 11.3 Å². The van der Waals surface area contributed by atoms with Gasteiger partial charge in [-0.05, 0) is 40.2 Å². The maximum Gasteiger partial charge on any atom is 0.348 e. The number of fused-ring (bicyclic) bond motifs is 1. The molecule has 2 aromatic heterocycles. The quantitative estimate of drug-likeness (QED) is 0.647. The van der Waals surface area contributed by atoms with Crippen molar-refractivity contribution in [3.05, 3.63) is 38.3 Å². The van der Waals surface area contributed by atoms with Gasteiger partial charge in [-0.3, -0.25) is 4.79 Å². The van der Waals surface area contributed by atoms with Gasteiger partial charge in [0.25, 0.3) is 5.56 Å². The fraction of sp³-hybridized carbons (Fsp3) is 0.412. The molecule has 2 heterocycles. The van der Waals surface area contributed by atoms with Gasteiger partial charge in [-0.2, -0.15) is 0 Å². The third-order valence-corrected chi connectivity index (χ3v) is 4.53. The number of aromatic nitrogens is 2. The zero-order chi connectivity index (χ0) is 18.7. The van der Waals surface area contributed by atoms with Gasteiger partial charge < -0.3 is 14.5 Å². The van der Waals surface area contributed by atoms with Gasteiger partial charge in [0.15, 0.2) is 11.9 Å². The minimum atomic E-state index is -0.728. The summed E-state index contributed by atoms with van der Waals surface area (Å²) < 4.78 is 10.2. The van der Waals surface area contributed by atoms with Crippen molar-refractivity contribution in [2.24, 2.45) is 0 Å². The van der Waals surface area contributed by atoms with Crippen molar-refractivity contribution in [1.82, 2.24) is 9.97 Å². The summed E-state index contributed by atoms with van der Waals surface area (Å²) in [5, 5.41) is 0.347. The molecular formula is C17H20N2O5S. The number of H-pyrrole nitrogens is 1. The van der Waals surface area contributed by atoms with Crippen molar-refractivity contribution in [1.29, 1.82) is 0 Å². The summed E-state index contributed by atoms with van der Waals surface area (Å²) in [6.45, 7) is 8.82. The third kappa shape index (κ3) is 4.14. The minimum Gasteiger partial charge on any atom is -0.462 e. The van der Waals surface area contributed by atoms with Crippen LogP contribution in [0.4, 0.5) is 0 Å². The van der Waals surface area contributed by atoms with Crippen LogP contribution in [0.1, 0.15) is 54.9 Å². The summed E-state index contributed by atoms with van der Waals surface area (Å²) in [6.07, 6.45) is 0.634. The molecule has 2 aromatic rings. The average Bonchev–Trinajstić information content (AvgIpc) is 2.84. The van der Waals surface area contributed by atoms with Gasteiger partial charge in [-0.25, -0.2) is 14.6 Å². The first-order valence-corrected chi connectivity index (χ1v) is 8.62. The lowest BCUT2D eigenvalue weighted by Gasteiger charge is -2.11. The summed E-state index contributed by atoms with van der Waals surface area (Å²) in [6, 6.07) is 0. The second-order valence-electron chi connectivity index (χ2n) is 5.71. The van der Waals surface area contributed by atoms with Crippen LogP contribution in [0.25, 0.3) is 10.2 Å². The molecule has 0 saturated carbocycles. The molecule has 0 bridgehead atoms. The molecule has 0 aliphatic carbocycles. The van der Waals surface area contributed by atoms with E-state index in [0.29, 0.717) is 20.7 Å². The van der Waals surface area contributed by atoms with Crippen molar-refractivity contribution in [2.45, 2.75) is 40.7 Å². The molecule has 134 valence electrons. The highest BCUT2D eigenvalue weighted by Crippen LogP contribution is 2.28. The van der Waals surface area contributed by atoms with Gasteiger partial charge in [-0.1, -0.05) is 5.57 Å². The lowest BCUT2D eigenvalue weighted by Crippen LogP contribution is -2.16. The molecule has 0 spiro atoms. The highest BCUT2D eigenvalue weighted by atomic mass is 32.1. The molecule has 1 atom stereocenters. The summed E-state index contributed by atoms with van der Waals surface area (Å²) in [5.41, 5.74) is 0.962. The standard InChI is InChI=1S/C17H20N2O5S/c1-6-23-17(22)13-9(4)12-15(21)18-14(19-16(12)25-13)10(5)24-11(20)7-8(2)3/h7,10H,6H2,1-5H3,(H,18,19,21)/t10-/m1/s1. The van der Waals surface area contributed by atoms with E-state index in [0.717, 1.165) is 16.9 Å². The monoisotopic (exact) mass is 364 g/mol. The van der Waals surface area contributed by atoms with Crippen LogP contribution in [0.5, 0.6) is 0 Å². The molecule has 8 heteroatoms. The minimum absolute atomic E-state index is 0.227. The molecule has 0 amide bonds. The van der Waals surface area contributed by atoms with E-state index in [1.807, 2.05) is 0 Å². The number of thiophene rings is 1. The molecule has 0 fully saturated rings. The topological polar surface area (TPSA) is 98.3 Å². The van der Waals surface area contributed by atoms with Crippen LogP contribution in [0.3, 0.4) is 0 Å². The van der Waals surface area contributed by atoms with E-state index in [1.165, 1.54) is 6.08 Å². The third-order valence-electron chi connectivity index (χ3n) is 3.36. The Balaban J connectivity index is 2.41. The number of allylic oxidation sites excluding steroid dienone is 1. The molecule has 0 aromatic carbocycles. The lowest BCUT2D eigenvalue weighted by atomic mass is 10.2. The van der Waals surface area contributed by atoms with Crippen LogP contribution >= 0.6 is 11.3 Å². The van der Waals surface area contributed by atoms with Crippen molar-refractivity contribution < 1.29 is 19.1 Å². The number of rotatable bonds is 5. The van der Waals surface area contributed by atoms with Crippen LogP contribution in [-0.2, 0) is 14.3 Å². The van der Waals surface area contributed by atoms with Crippen LogP contribution in [0.15, 0.2) is 16.4 Å². The SMILES string of the molecule is CCOC(=O)c1sc2nc([C@@H](C)OC(=O)C=C(C)C)[nH]c(=O)c2c1C. The second-order valence-corrected chi connectivity index (χ2v) is 6.71. The number of aryl methyl sites for hydroxylation is 1. The van der Waals surface area contributed by atoms with E-state index in [2.05, 4.69) is 9.97 Å². The van der Waals surface area contributed by atoms with Crippen molar-refractivity contribution in [3.8, 4) is 0 Å². The predicted octanol–water partition coefficient (Wildman–Crippen LogP) is 3.04. The van der Waals surface area contributed by atoms with Crippen molar-refractivity contribution >= 4 is 33.5 Å². The lowest BCUT2D eigenvalue weighted by molar-refractivity contribution is -0.142. The second kappa shape index (κ2) is 7.60. The number of carbonyl (C=O) groups is 2. The first-order chi connectivity index (χ1) is 11.7. The van der Waals surface area contributed by atoms with E-state index in [1.54, 1.807) is 34.6 Å². The van der Waals surface area contributed by atoms with E-state index in [9.17, 15) is 14.4 Å². The number of hydrogen-bond acceptors (Lipinski definition) is 7. The molecule has 0 aliphatic heterocycles. The van der Waals surface area contributed by atoms with Gasteiger partial charge in [0.2, 0.25) is 0 Å². The summed E-state index contributed by atoms with van der Waals surface area (Å²) >= 11 is 1.09. The Morgan fingerprint density at radius 3 is 2.64 bits per heavy atom. The Labute approximate surface area is 148 Å². The first kappa shape index (κ1) is 18.9. The molecule has 25 heavy (non-hydrogen) atoms. The zero-order valence-electron chi connectivity index (χ0n) is 14.8. The average molecular weight is 364 g/mol. The van der Waals surface area contributed by atoms with Crippen molar-refractivity contribution in [2.75, 3.05) is 6.61 Å². The number of esters is 2. The largest absolute Gasteiger partial charge is 0.462 e. The predicted molar refractivity (Wildman–Crippen MR) is 94.9 cm³/mol. The Morgan fingerprint density at radius 2 is 2.04 bits per heavy atom. The van der Waals surface area contributed by atoms with E-state index in [4.69, 9.17) is 9.47 Å². The Morgan fingerprint density at radius 1 is 1.36 bits per heavy atom. The van der Waals surface area contributed by atoms with E-state index >= 15 is 0 Å². The van der Waals surface area contributed by atoms with E-state index < -0.39 is 18.0 Å². The van der Waals surface area contributed by atoms with Crippen LogP contribution in [0.2, 0.25) is 0 Å². The molecule has 1 N–H and O–H groups in total. The van der Waals surface area contributed by atoms with Crippen LogP contribution < -0.4 is 5.56 Å². The Bertz CT molecular complexity index is 906. The smallest absolute Gasteiger partial charge is 0.348 e. The maximum atomic E-state index is 12.4. The molecule has 0 saturated heterocycles. The van der Waals surface area contributed by atoms with Gasteiger partial charge in [0.1, 0.15) is 9.71 Å². The first-order valence-electron chi connectivity index (χ1n) is 7.80. The summed E-state index contributed by atoms with van der Waals surface area (Å²) in [4.78, 5) is 43.8. The number of hydrogen-bond donors (Lipinski definition) is 1. The molecule has 7 nitrogen and oxygen atoms in total. The van der Waals surface area contributed by atoms with Gasteiger partial charge >= 0.3 is 11.9 Å². The molecule has 0 unspecified atom stereocenters. The number of carbonyl (C=O) groups excluding carboxylic acids is 2. The van der Waals surface area contributed by atoms with Crippen LogP contribution in [-0.4, -0.2) is 28.5 Å². The maximum absolute atomic E-state index is 12.4. The Kier molecular flexibility index (Phi) is 5.73. The molecule has 2 rings (SSSR count).